The summed E-state index contributed by atoms with van der Waals surface area (Å²) < 4.78 is 27.9. The third-order valence-corrected chi connectivity index (χ3v) is 6.95. The lowest BCUT2D eigenvalue weighted by Gasteiger charge is -2.24. The van der Waals surface area contributed by atoms with Crippen molar-refractivity contribution in [3.63, 3.8) is 0 Å². The summed E-state index contributed by atoms with van der Waals surface area (Å²) in [5.74, 6) is 0.991. The zero-order chi connectivity index (χ0) is 19.6. The smallest absolute Gasteiger partial charge is 0.245 e. The summed E-state index contributed by atoms with van der Waals surface area (Å²) in [5.41, 5.74) is 0.675. The van der Waals surface area contributed by atoms with Crippen LogP contribution in [-0.2, 0) is 10.0 Å². The molecule has 4 rings (SSSR count). The second-order valence-corrected chi connectivity index (χ2v) is 8.62. The minimum Gasteiger partial charge on any atom is -0.309 e. The Morgan fingerprint density at radius 2 is 1.82 bits per heavy atom. The number of anilines is 2. The van der Waals surface area contributed by atoms with Crippen LogP contribution in [0.15, 0.2) is 65.8 Å². The average molecular weight is 416 g/mol. The van der Waals surface area contributed by atoms with Crippen molar-refractivity contribution >= 4 is 33.4 Å². The van der Waals surface area contributed by atoms with Crippen molar-refractivity contribution in [2.45, 2.75) is 23.8 Å². The van der Waals surface area contributed by atoms with E-state index in [-0.39, 0.29) is 16.0 Å². The van der Waals surface area contributed by atoms with Crippen LogP contribution in [0.1, 0.15) is 24.6 Å². The molecular formula is C19H18ClN5O2S. The highest BCUT2D eigenvalue weighted by Gasteiger charge is 2.37. The molecule has 1 saturated heterocycles. The zero-order valence-electron chi connectivity index (χ0n) is 14.9. The van der Waals surface area contributed by atoms with Gasteiger partial charge in [-0.2, -0.15) is 4.31 Å². The minimum atomic E-state index is -3.72. The lowest BCUT2D eigenvalue weighted by molar-refractivity contribution is 0.391. The molecule has 1 aliphatic rings. The monoisotopic (exact) mass is 415 g/mol. The maximum Gasteiger partial charge on any atom is 0.245 e. The first-order valence-corrected chi connectivity index (χ1v) is 10.6. The molecule has 1 unspecified atom stereocenters. The normalized spacial score (nSPS) is 17.5. The maximum absolute atomic E-state index is 13.2. The first kappa shape index (κ1) is 18.8. The third-order valence-electron chi connectivity index (χ3n) is 4.54. The molecule has 1 atom stereocenters. The fourth-order valence-electron chi connectivity index (χ4n) is 3.29. The second kappa shape index (κ2) is 7.83. The summed E-state index contributed by atoms with van der Waals surface area (Å²) in [6, 6.07) is 13.4. The van der Waals surface area contributed by atoms with Crippen LogP contribution in [-0.4, -0.2) is 34.2 Å². The van der Waals surface area contributed by atoms with E-state index < -0.39 is 10.0 Å². The molecule has 7 nitrogen and oxygen atoms in total. The topological polar surface area (TPSA) is 88.1 Å². The van der Waals surface area contributed by atoms with E-state index >= 15 is 0 Å². The molecule has 3 heterocycles. The van der Waals surface area contributed by atoms with E-state index in [0.29, 0.717) is 30.4 Å². The average Bonchev–Trinajstić information content (AvgIpc) is 3.20. The van der Waals surface area contributed by atoms with Gasteiger partial charge in [0, 0.05) is 18.9 Å². The first-order valence-electron chi connectivity index (χ1n) is 8.83. The van der Waals surface area contributed by atoms with Crippen molar-refractivity contribution in [1.82, 2.24) is 19.3 Å². The van der Waals surface area contributed by atoms with Crippen LogP contribution in [0.2, 0.25) is 5.02 Å². The van der Waals surface area contributed by atoms with E-state index in [2.05, 4.69) is 20.3 Å². The van der Waals surface area contributed by atoms with Crippen LogP contribution in [0.4, 0.5) is 11.8 Å². The summed E-state index contributed by atoms with van der Waals surface area (Å²) in [6.07, 6.45) is 4.72. The van der Waals surface area contributed by atoms with Gasteiger partial charge in [-0.05, 0) is 43.2 Å². The number of nitrogens with zero attached hydrogens (tertiary/aromatic N) is 4. The van der Waals surface area contributed by atoms with Gasteiger partial charge in [-0.1, -0.05) is 29.8 Å². The Kier molecular flexibility index (Phi) is 5.25. The van der Waals surface area contributed by atoms with Gasteiger partial charge >= 0.3 is 0 Å². The highest BCUT2D eigenvalue weighted by molar-refractivity contribution is 7.89. The van der Waals surface area contributed by atoms with Crippen molar-refractivity contribution in [2.75, 3.05) is 11.9 Å². The summed E-state index contributed by atoms with van der Waals surface area (Å²) in [5, 5.41) is 3.26. The number of aromatic nitrogens is 3. The SMILES string of the molecule is O=S(=O)(c1ccccc1Cl)N1CCCC1c1cccc(Nc2ncccn2)n1. The van der Waals surface area contributed by atoms with Crippen molar-refractivity contribution < 1.29 is 8.42 Å². The Bertz CT molecular complexity index is 1080. The molecule has 0 saturated carbocycles. The Balaban J connectivity index is 1.64. The Hall–Kier alpha value is -2.55. The molecule has 0 aliphatic carbocycles. The van der Waals surface area contributed by atoms with Gasteiger partial charge in [-0.3, -0.25) is 0 Å². The van der Waals surface area contributed by atoms with E-state index in [1.165, 1.54) is 10.4 Å². The molecule has 144 valence electrons. The quantitative estimate of drug-likeness (QED) is 0.682. The Morgan fingerprint density at radius 1 is 1.04 bits per heavy atom. The highest BCUT2D eigenvalue weighted by atomic mass is 35.5. The number of rotatable bonds is 5. The van der Waals surface area contributed by atoms with Crippen LogP contribution in [0.25, 0.3) is 0 Å². The number of halogens is 1. The van der Waals surface area contributed by atoms with E-state index in [0.717, 1.165) is 6.42 Å². The van der Waals surface area contributed by atoms with E-state index in [1.807, 2.05) is 12.1 Å². The van der Waals surface area contributed by atoms with Gasteiger partial charge in [-0.25, -0.2) is 23.4 Å². The number of benzene rings is 1. The number of hydrogen-bond donors (Lipinski definition) is 1. The fraction of sp³-hybridized carbons (Fsp3) is 0.211. The lowest BCUT2D eigenvalue weighted by Crippen LogP contribution is -2.31. The largest absolute Gasteiger partial charge is 0.309 e. The van der Waals surface area contributed by atoms with Gasteiger partial charge in [0.15, 0.2) is 0 Å². The van der Waals surface area contributed by atoms with E-state index in [9.17, 15) is 8.42 Å². The van der Waals surface area contributed by atoms with Gasteiger partial charge in [0.1, 0.15) is 10.7 Å². The van der Waals surface area contributed by atoms with E-state index in [4.69, 9.17) is 11.6 Å². The molecular weight excluding hydrogens is 398 g/mol. The Morgan fingerprint density at radius 3 is 2.61 bits per heavy atom. The lowest BCUT2D eigenvalue weighted by atomic mass is 10.1. The van der Waals surface area contributed by atoms with Crippen molar-refractivity contribution in [2.24, 2.45) is 0 Å². The minimum absolute atomic E-state index is 0.121. The number of nitrogens with one attached hydrogen (secondary N) is 1. The molecule has 28 heavy (non-hydrogen) atoms. The van der Waals surface area contributed by atoms with Crippen LogP contribution >= 0.6 is 11.6 Å². The summed E-state index contributed by atoms with van der Waals surface area (Å²) in [4.78, 5) is 13.0. The fourth-order valence-corrected chi connectivity index (χ4v) is 5.45. The van der Waals surface area contributed by atoms with Gasteiger partial charge in [0.05, 0.1) is 16.8 Å². The molecule has 0 spiro atoms. The molecule has 2 aromatic heterocycles. The molecule has 1 aliphatic heterocycles. The Labute approximate surface area is 168 Å². The summed E-state index contributed by atoms with van der Waals surface area (Å²) >= 11 is 6.15. The molecule has 1 fully saturated rings. The highest BCUT2D eigenvalue weighted by Crippen LogP contribution is 2.37. The molecule has 9 heteroatoms. The summed E-state index contributed by atoms with van der Waals surface area (Å²) in [6.45, 7) is 0.430. The molecule has 0 bridgehead atoms. The van der Waals surface area contributed by atoms with Gasteiger partial charge in [0.25, 0.3) is 0 Å². The molecule has 3 aromatic rings. The predicted molar refractivity (Wildman–Crippen MR) is 107 cm³/mol. The molecule has 0 radical (unpaired) electrons. The zero-order valence-corrected chi connectivity index (χ0v) is 16.4. The first-order chi connectivity index (χ1) is 13.6. The number of hydrogen-bond acceptors (Lipinski definition) is 6. The predicted octanol–water partition coefficient (Wildman–Crippen LogP) is 3.79. The van der Waals surface area contributed by atoms with Crippen LogP contribution in [0.3, 0.4) is 0 Å². The van der Waals surface area contributed by atoms with Gasteiger partial charge in [-0.15, -0.1) is 0 Å². The van der Waals surface area contributed by atoms with Crippen molar-refractivity contribution in [3.05, 3.63) is 71.6 Å². The summed E-state index contributed by atoms with van der Waals surface area (Å²) in [7, 11) is -3.72. The molecule has 1 N–H and O–H groups in total. The molecule has 0 amide bonds. The van der Waals surface area contributed by atoms with Crippen molar-refractivity contribution in [1.29, 1.82) is 0 Å². The van der Waals surface area contributed by atoms with Gasteiger partial charge in [0.2, 0.25) is 16.0 Å². The second-order valence-electron chi connectivity index (χ2n) is 6.35. The van der Waals surface area contributed by atoms with Crippen LogP contribution < -0.4 is 5.32 Å². The molecule has 1 aromatic carbocycles. The maximum atomic E-state index is 13.2. The number of pyridine rings is 1. The van der Waals surface area contributed by atoms with Crippen LogP contribution in [0.5, 0.6) is 0 Å². The van der Waals surface area contributed by atoms with Crippen LogP contribution in [0, 0.1) is 0 Å². The van der Waals surface area contributed by atoms with E-state index in [1.54, 1.807) is 42.7 Å². The number of sulfonamides is 1. The van der Waals surface area contributed by atoms with Crippen molar-refractivity contribution in [3.8, 4) is 0 Å². The standard InChI is InChI=1S/C19H18ClN5O2S/c20-14-6-1-2-9-17(14)28(26,27)25-13-4-8-16(25)15-7-3-10-18(23-15)24-19-21-11-5-12-22-19/h1-3,5-7,9-12,16H,4,8,13H2,(H,21,22,23,24). The third kappa shape index (κ3) is 3.71. The van der Waals surface area contributed by atoms with Gasteiger partial charge < -0.3 is 5.32 Å².